The van der Waals surface area contributed by atoms with Gasteiger partial charge in [-0.3, -0.25) is 0 Å². The molecule has 3 heteroatoms. The van der Waals surface area contributed by atoms with E-state index in [2.05, 4.69) is 181 Å². The summed E-state index contributed by atoms with van der Waals surface area (Å²) in [6.45, 7) is 0. The van der Waals surface area contributed by atoms with E-state index in [4.69, 9.17) is 4.42 Å². The number of para-hydroxylation sites is 2. The summed E-state index contributed by atoms with van der Waals surface area (Å²) in [5.41, 5.74) is 12.3. The first-order valence-electron chi connectivity index (χ1n) is 17.3. The van der Waals surface area contributed by atoms with Gasteiger partial charge in [-0.15, -0.1) is 11.3 Å². The topological polar surface area (TPSA) is 16.4 Å². The molecule has 0 amide bonds. The van der Waals surface area contributed by atoms with Crippen molar-refractivity contribution in [2.75, 3.05) is 4.90 Å². The molecule has 0 radical (unpaired) electrons. The van der Waals surface area contributed by atoms with Gasteiger partial charge in [-0.2, -0.15) is 0 Å². The first kappa shape index (κ1) is 29.5. The van der Waals surface area contributed by atoms with Crippen molar-refractivity contribution in [2.24, 2.45) is 0 Å². The third kappa shape index (κ3) is 5.10. The van der Waals surface area contributed by atoms with Crippen molar-refractivity contribution in [1.29, 1.82) is 0 Å². The fourth-order valence-corrected chi connectivity index (χ4v) is 8.60. The number of hydrogen-bond acceptors (Lipinski definition) is 3. The van der Waals surface area contributed by atoms with Crippen molar-refractivity contribution in [3.8, 4) is 33.4 Å². The van der Waals surface area contributed by atoms with Crippen LogP contribution in [0.2, 0.25) is 0 Å². The van der Waals surface area contributed by atoms with Gasteiger partial charge in [0.2, 0.25) is 0 Å². The average molecular weight is 670 g/mol. The molecular weight excluding hydrogens is 639 g/mol. The van der Waals surface area contributed by atoms with Gasteiger partial charge < -0.3 is 9.32 Å². The molecule has 10 aromatic rings. The van der Waals surface area contributed by atoms with E-state index in [1.165, 1.54) is 48.1 Å². The van der Waals surface area contributed by atoms with Crippen molar-refractivity contribution < 1.29 is 4.42 Å². The molecule has 51 heavy (non-hydrogen) atoms. The summed E-state index contributed by atoms with van der Waals surface area (Å²) in [7, 11) is 0. The van der Waals surface area contributed by atoms with Gasteiger partial charge in [0.1, 0.15) is 11.2 Å². The van der Waals surface area contributed by atoms with Crippen LogP contribution >= 0.6 is 11.3 Å². The highest BCUT2D eigenvalue weighted by Gasteiger charge is 2.19. The Labute approximate surface area is 300 Å². The van der Waals surface area contributed by atoms with E-state index in [0.717, 1.165) is 44.4 Å². The molecule has 8 aromatic carbocycles. The van der Waals surface area contributed by atoms with E-state index in [1.807, 2.05) is 23.5 Å². The minimum atomic E-state index is 0.912. The van der Waals surface area contributed by atoms with Crippen LogP contribution in [0.25, 0.3) is 75.5 Å². The maximum Gasteiger partial charge on any atom is 0.143 e. The lowest BCUT2D eigenvalue weighted by molar-refractivity contribution is 0.670. The van der Waals surface area contributed by atoms with Crippen molar-refractivity contribution in [3.63, 3.8) is 0 Å². The molecule has 2 heterocycles. The average Bonchev–Trinajstić information content (AvgIpc) is 3.78. The fraction of sp³-hybridized carbons (Fsp3) is 0. The summed E-state index contributed by atoms with van der Waals surface area (Å²) in [5.74, 6) is 0. The smallest absolute Gasteiger partial charge is 0.143 e. The van der Waals surface area contributed by atoms with E-state index >= 15 is 0 Å². The molecule has 0 atom stereocenters. The molecule has 0 aliphatic carbocycles. The minimum absolute atomic E-state index is 0.912. The molecule has 0 unspecified atom stereocenters. The van der Waals surface area contributed by atoms with Crippen LogP contribution in [0.1, 0.15) is 0 Å². The lowest BCUT2D eigenvalue weighted by atomic mass is 10.00. The Bertz CT molecular complexity index is 2830. The van der Waals surface area contributed by atoms with E-state index in [0.29, 0.717) is 0 Å². The van der Waals surface area contributed by atoms with Gasteiger partial charge in [0, 0.05) is 43.2 Å². The normalized spacial score (nSPS) is 11.5. The fourth-order valence-electron chi connectivity index (χ4n) is 7.39. The Balaban J connectivity index is 1.07. The monoisotopic (exact) mass is 669 g/mol. The zero-order chi connectivity index (χ0) is 33.7. The summed E-state index contributed by atoms with van der Waals surface area (Å²) in [6, 6.07) is 67.3. The van der Waals surface area contributed by atoms with Crippen molar-refractivity contribution in [2.45, 2.75) is 0 Å². The number of fused-ring (bicyclic) bond motifs is 6. The zero-order valence-electron chi connectivity index (χ0n) is 27.7. The quantitative estimate of drug-likeness (QED) is 0.175. The molecule has 240 valence electrons. The highest BCUT2D eigenvalue weighted by Crippen LogP contribution is 2.45. The summed E-state index contributed by atoms with van der Waals surface area (Å²) in [6.07, 6.45) is 0. The van der Waals surface area contributed by atoms with Crippen LogP contribution in [0.3, 0.4) is 0 Å². The molecule has 0 fully saturated rings. The number of furan rings is 1. The Kier molecular flexibility index (Phi) is 7.04. The van der Waals surface area contributed by atoms with E-state index in [-0.39, 0.29) is 0 Å². The summed E-state index contributed by atoms with van der Waals surface area (Å²) < 4.78 is 8.97. The van der Waals surface area contributed by atoms with Gasteiger partial charge in [0.15, 0.2) is 0 Å². The van der Waals surface area contributed by atoms with Crippen molar-refractivity contribution in [1.82, 2.24) is 0 Å². The van der Waals surface area contributed by atoms with Gasteiger partial charge in [0.25, 0.3) is 0 Å². The van der Waals surface area contributed by atoms with Gasteiger partial charge in [-0.05, 0) is 70.3 Å². The molecule has 0 bridgehead atoms. The number of hydrogen-bond donors (Lipinski definition) is 0. The van der Waals surface area contributed by atoms with Crippen LogP contribution in [-0.4, -0.2) is 0 Å². The van der Waals surface area contributed by atoms with Crippen molar-refractivity contribution >= 4 is 70.5 Å². The number of anilines is 3. The van der Waals surface area contributed by atoms with Gasteiger partial charge in [-0.1, -0.05) is 146 Å². The van der Waals surface area contributed by atoms with Crippen LogP contribution in [0, 0.1) is 0 Å². The summed E-state index contributed by atoms with van der Waals surface area (Å²) >= 11 is 1.85. The largest absolute Gasteiger partial charge is 0.455 e. The number of benzene rings is 8. The third-order valence-electron chi connectivity index (χ3n) is 9.92. The first-order valence-corrected chi connectivity index (χ1v) is 18.1. The Morgan fingerprint density at radius 1 is 0.373 bits per heavy atom. The predicted octanol–water partition coefficient (Wildman–Crippen LogP) is 14.4. The Hall–Kier alpha value is -6.42. The van der Waals surface area contributed by atoms with Crippen LogP contribution in [0.5, 0.6) is 0 Å². The molecule has 10 rings (SSSR count). The van der Waals surface area contributed by atoms with Crippen LogP contribution in [0.4, 0.5) is 17.1 Å². The Morgan fingerprint density at radius 3 is 1.63 bits per heavy atom. The van der Waals surface area contributed by atoms with Crippen molar-refractivity contribution in [3.05, 3.63) is 188 Å². The second-order valence-electron chi connectivity index (χ2n) is 12.9. The van der Waals surface area contributed by atoms with Gasteiger partial charge in [-0.25, -0.2) is 0 Å². The van der Waals surface area contributed by atoms with Crippen LogP contribution < -0.4 is 4.90 Å². The van der Waals surface area contributed by atoms with Crippen LogP contribution in [-0.2, 0) is 0 Å². The van der Waals surface area contributed by atoms with E-state index < -0.39 is 0 Å². The molecule has 0 saturated heterocycles. The lowest BCUT2D eigenvalue weighted by Gasteiger charge is -2.26. The molecule has 0 aliphatic heterocycles. The molecular formula is C48H31NOS. The maximum atomic E-state index is 6.40. The van der Waals surface area contributed by atoms with E-state index in [1.54, 1.807) is 0 Å². The molecule has 0 N–H and O–H groups in total. The number of rotatable bonds is 6. The standard InChI is InChI=1S/C48H31NOS/c1-2-10-32(11-3-1)33-20-22-34(23-21-33)35-24-28-37(29-25-35)49(44-17-9-16-43-41-13-5-7-19-46(41)51-48(43)44)38-30-26-36(27-31-38)39-14-8-15-42-40-12-4-6-18-45(40)50-47(39)42/h1-31H. The third-order valence-corrected chi connectivity index (χ3v) is 11.1. The van der Waals surface area contributed by atoms with E-state index in [9.17, 15) is 0 Å². The molecule has 0 saturated carbocycles. The first-order chi connectivity index (χ1) is 25.3. The number of thiophene rings is 1. The predicted molar refractivity (Wildman–Crippen MR) is 218 cm³/mol. The zero-order valence-corrected chi connectivity index (χ0v) is 28.5. The summed E-state index contributed by atoms with van der Waals surface area (Å²) in [5, 5.41) is 4.86. The highest BCUT2D eigenvalue weighted by molar-refractivity contribution is 7.26. The Morgan fingerprint density at radius 2 is 0.902 bits per heavy atom. The molecule has 2 aromatic heterocycles. The molecule has 0 spiro atoms. The maximum absolute atomic E-state index is 6.40. The second-order valence-corrected chi connectivity index (χ2v) is 14.0. The van der Waals surface area contributed by atoms with Crippen LogP contribution in [0.15, 0.2) is 192 Å². The summed E-state index contributed by atoms with van der Waals surface area (Å²) in [4.78, 5) is 2.39. The second kappa shape index (κ2) is 12.2. The van der Waals surface area contributed by atoms with Gasteiger partial charge in [0.05, 0.1) is 10.4 Å². The molecule has 2 nitrogen and oxygen atoms in total. The number of nitrogens with zero attached hydrogens (tertiary/aromatic N) is 1. The lowest BCUT2D eigenvalue weighted by Crippen LogP contribution is -2.10. The highest BCUT2D eigenvalue weighted by atomic mass is 32.1. The SMILES string of the molecule is c1ccc(-c2ccc(-c3ccc(N(c4ccc(-c5cccc6c5oc5ccccc56)cc4)c4cccc5c4sc4ccccc45)cc3)cc2)cc1. The molecule has 0 aliphatic rings. The van der Waals surface area contributed by atoms with Gasteiger partial charge >= 0.3 is 0 Å². The minimum Gasteiger partial charge on any atom is -0.455 e.